The Morgan fingerprint density at radius 3 is 2.37 bits per heavy atom. The molecule has 1 aromatic rings. The maximum atomic E-state index is 5.66. The van der Waals surface area contributed by atoms with Gasteiger partial charge in [0.05, 0.1) is 7.11 Å². The van der Waals surface area contributed by atoms with Gasteiger partial charge in [0.15, 0.2) is 5.96 Å². The molecular formula is C21H34IN3O2. The molecule has 6 heteroatoms. The summed E-state index contributed by atoms with van der Waals surface area (Å²) in [6, 6.07) is 8.52. The van der Waals surface area contributed by atoms with Gasteiger partial charge >= 0.3 is 0 Å². The summed E-state index contributed by atoms with van der Waals surface area (Å²) in [6.07, 6.45) is 3.26. The number of hydrogen-bond acceptors (Lipinski definition) is 3. The van der Waals surface area contributed by atoms with E-state index in [0.29, 0.717) is 5.41 Å². The fraction of sp³-hybridized carbons (Fsp3) is 0.667. The van der Waals surface area contributed by atoms with Crippen LogP contribution in [0.3, 0.4) is 0 Å². The second-order valence-electron chi connectivity index (χ2n) is 8.36. The van der Waals surface area contributed by atoms with E-state index in [-0.39, 0.29) is 29.4 Å². The number of rotatable bonds is 4. The van der Waals surface area contributed by atoms with Gasteiger partial charge in [0, 0.05) is 45.3 Å². The lowest BCUT2D eigenvalue weighted by Crippen LogP contribution is -2.49. The number of methoxy groups -OCH3 is 1. The average molecular weight is 487 g/mol. The highest BCUT2D eigenvalue weighted by Crippen LogP contribution is 2.35. The summed E-state index contributed by atoms with van der Waals surface area (Å²) in [6.45, 7) is 9.30. The minimum absolute atomic E-state index is 0. The Morgan fingerprint density at radius 2 is 1.85 bits per heavy atom. The first-order chi connectivity index (χ1) is 12.5. The van der Waals surface area contributed by atoms with Crippen molar-refractivity contribution in [1.82, 2.24) is 10.2 Å². The van der Waals surface area contributed by atoms with E-state index in [4.69, 9.17) is 9.47 Å². The lowest BCUT2D eigenvalue weighted by molar-refractivity contribution is 0.0512. The molecule has 3 rings (SSSR count). The summed E-state index contributed by atoms with van der Waals surface area (Å²) in [7, 11) is 3.60. The third-order valence-electron chi connectivity index (χ3n) is 5.93. The first kappa shape index (κ1) is 22.3. The van der Waals surface area contributed by atoms with Crippen LogP contribution < -0.4 is 10.1 Å². The number of aliphatic imine (C=N–C) groups is 1. The summed E-state index contributed by atoms with van der Waals surface area (Å²) in [5.41, 5.74) is 1.80. The van der Waals surface area contributed by atoms with E-state index in [1.54, 1.807) is 7.11 Å². The summed E-state index contributed by atoms with van der Waals surface area (Å²) < 4.78 is 11.0. The summed E-state index contributed by atoms with van der Waals surface area (Å²) in [4.78, 5) is 6.94. The fourth-order valence-corrected chi connectivity index (χ4v) is 4.15. The molecule has 0 atom stereocenters. The average Bonchev–Trinajstić information content (AvgIpc) is 3.03. The molecule has 0 amide bonds. The highest BCUT2D eigenvalue weighted by atomic mass is 127. The topological polar surface area (TPSA) is 46.1 Å². The number of halogens is 1. The van der Waals surface area contributed by atoms with Crippen LogP contribution in [0.4, 0.5) is 0 Å². The maximum Gasteiger partial charge on any atom is 0.193 e. The SMILES string of the molecule is CN=C(NCC1(c2ccc(OC)cc2)CCOCC1)N1CCC(C)(C)C1.I. The van der Waals surface area contributed by atoms with Crippen LogP contribution >= 0.6 is 24.0 Å². The Kier molecular flexibility index (Phi) is 7.80. The molecule has 0 bridgehead atoms. The molecule has 1 aromatic carbocycles. The van der Waals surface area contributed by atoms with Crippen LogP contribution in [0, 0.1) is 5.41 Å². The zero-order valence-corrected chi connectivity index (χ0v) is 19.4. The van der Waals surface area contributed by atoms with Gasteiger partial charge in [0.25, 0.3) is 0 Å². The number of ether oxygens (including phenoxy) is 2. The molecule has 0 unspecified atom stereocenters. The Labute approximate surface area is 180 Å². The van der Waals surface area contributed by atoms with Gasteiger partial charge in [-0.25, -0.2) is 0 Å². The van der Waals surface area contributed by atoms with Crippen molar-refractivity contribution in [2.75, 3.05) is 47.0 Å². The van der Waals surface area contributed by atoms with Crippen LogP contribution in [0.25, 0.3) is 0 Å². The fourth-order valence-electron chi connectivity index (χ4n) is 4.15. The molecule has 2 saturated heterocycles. The summed E-state index contributed by atoms with van der Waals surface area (Å²) >= 11 is 0. The normalized spacial score (nSPS) is 21.5. The monoisotopic (exact) mass is 487 g/mol. The predicted molar refractivity (Wildman–Crippen MR) is 121 cm³/mol. The number of nitrogens with zero attached hydrogens (tertiary/aromatic N) is 2. The van der Waals surface area contributed by atoms with E-state index < -0.39 is 0 Å². The smallest absolute Gasteiger partial charge is 0.193 e. The van der Waals surface area contributed by atoms with E-state index in [1.165, 1.54) is 12.0 Å². The highest BCUT2D eigenvalue weighted by Gasteiger charge is 2.36. The molecule has 2 heterocycles. The van der Waals surface area contributed by atoms with E-state index in [1.807, 2.05) is 7.05 Å². The lowest BCUT2D eigenvalue weighted by Gasteiger charge is -2.39. The molecule has 2 fully saturated rings. The largest absolute Gasteiger partial charge is 0.497 e. The van der Waals surface area contributed by atoms with Gasteiger partial charge in [-0.1, -0.05) is 26.0 Å². The van der Waals surface area contributed by atoms with Crippen molar-refractivity contribution in [2.45, 2.75) is 38.5 Å². The van der Waals surface area contributed by atoms with Gasteiger partial charge in [0.1, 0.15) is 5.75 Å². The number of nitrogens with one attached hydrogen (secondary N) is 1. The molecule has 1 N–H and O–H groups in total. The Bertz CT molecular complexity index is 625. The molecular weight excluding hydrogens is 453 g/mol. The van der Waals surface area contributed by atoms with Crippen molar-refractivity contribution in [1.29, 1.82) is 0 Å². The van der Waals surface area contributed by atoms with E-state index in [0.717, 1.165) is 57.4 Å². The van der Waals surface area contributed by atoms with Crippen molar-refractivity contribution >= 4 is 29.9 Å². The maximum absolute atomic E-state index is 5.66. The van der Waals surface area contributed by atoms with Crippen LogP contribution in [-0.4, -0.2) is 57.9 Å². The van der Waals surface area contributed by atoms with Crippen molar-refractivity contribution in [3.05, 3.63) is 29.8 Å². The van der Waals surface area contributed by atoms with Crippen molar-refractivity contribution in [2.24, 2.45) is 10.4 Å². The molecule has 2 aliphatic rings. The summed E-state index contributed by atoms with van der Waals surface area (Å²) in [5, 5.41) is 3.68. The van der Waals surface area contributed by atoms with Crippen LogP contribution in [0.15, 0.2) is 29.3 Å². The Hall–Kier alpha value is -1.02. The third kappa shape index (κ3) is 5.28. The Balaban J connectivity index is 0.00000261. The molecule has 2 aliphatic heterocycles. The number of guanidine groups is 1. The minimum Gasteiger partial charge on any atom is -0.497 e. The van der Waals surface area contributed by atoms with E-state index in [2.05, 4.69) is 53.3 Å². The molecule has 0 spiro atoms. The molecule has 27 heavy (non-hydrogen) atoms. The molecule has 0 aliphatic carbocycles. The van der Waals surface area contributed by atoms with Gasteiger partial charge in [-0.2, -0.15) is 0 Å². The van der Waals surface area contributed by atoms with Crippen molar-refractivity contribution in [3.63, 3.8) is 0 Å². The zero-order valence-electron chi connectivity index (χ0n) is 17.1. The number of likely N-dealkylation sites (tertiary alicyclic amines) is 1. The standard InChI is InChI=1S/C21H33N3O2.HI/c1-20(2)9-12-24(16-20)19(22-3)23-15-21(10-13-26-14-11-21)17-5-7-18(25-4)8-6-17;/h5-8H,9-16H2,1-4H3,(H,22,23);1H. The van der Waals surface area contributed by atoms with Crippen LogP contribution in [-0.2, 0) is 10.2 Å². The second kappa shape index (κ2) is 9.45. The van der Waals surface area contributed by atoms with Crippen LogP contribution in [0.1, 0.15) is 38.7 Å². The van der Waals surface area contributed by atoms with Gasteiger partial charge in [0.2, 0.25) is 0 Å². The van der Waals surface area contributed by atoms with Crippen molar-refractivity contribution < 1.29 is 9.47 Å². The quantitative estimate of drug-likeness (QED) is 0.400. The molecule has 152 valence electrons. The van der Waals surface area contributed by atoms with Gasteiger partial charge in [-0.15, -0.1) is 24.0 Å². The van der Waals surface area contributed by atoms with Gasteiger partial charge in [-0.3, -0.25) is 4.99 Å². The molecule has 0 saturated carbocycles. The molecule has 0 radical (unpaired) electrons. The predicted octanol–water partition coefficient (Wildman–Crippen LogP) is 3.67. The van der Waals surface area contributed by atoms with Gasteiger partial charge < -0.3 is 19.7 Å². The van der Waals surface area contributed by atoms with Crippen LogP contribution in [0.2, 0.25) is 0 Å². The van der Waals surface area contributed by atoms with Gasteiger partial charge in [-0.05, 0) is 42.4 Å². The minimum atomic E-state index is 0. The van der Waals surface area contributed by atoms with E-state index >= 15 is 0 Å². The van der Waals surface area contributed by atoms with Crippen molar-refractivity contribution in [3.8, 4) is 5.75 Å². The number of benzene rings is 1. The first-order valence-electron chi connectivity index (χ1n) is 9.66. The highest BCUT2D eigenvalue weighted by molar-refractivity contribution is 14.0. The second-order valence-corrected chi connectivity index (χ2v) is 8.36. The third-order valence-corrected chi connectivity index (χ3v) is 5.93. The molecule has 0 aromatic heterocycles. The Morgan fingerprint density at radius 1 is 1.19 bits per heavy atom. The first-order valence-corrected chi connectivity index (χ1v) is 9.66. The molecule has 5 nitrogen and oxygen atoms in total. The number of hydrogen-bond donors (Lipinski definition) is 1. The summed E-state index contributed by atoms with van der Waals surface area (Å²) in [5.74, 6) is 1.92. The zero-order chi connectivity index (χ0) is 18.6. The van der Waals surface area contributed by atoms with Crippen LogP contribution in [0.5, 0.6) is 5.75 Å². The van der Waals surface area contributed by atoms with E-state index in [9.17, 15) is 0 Å². The lowest BCUT2D eigenvalue weighted by atomic mass is 9.74.